The Morgan fingerprint density at radius 1 is 1.02 bits per heavy atom. The molecule has 42 heavy (non-hydrogen) atoms. The van der Waals surface area contributed by atoms with Crippen molar-refractivity contribution in [1.29, 1.82) is 0 Å². The summed E-state index contributed by atoms with van der Waals surface area (Å²) in [6, 6.07) is 16.9. The monoisotopic (exact) mass is 579 g/mol. The first-order valence-electron chi connectivity index (χ1n) is 13.0. The summed E-state index contributed by atoms with van der Waals surface area (Å²) < 4.78 is 55.6. The summed E-state index contributed by atoms with van der Waals surface area (Å²) in [5.74, 6) is -2.48. The zero-order chi connectivity index (χ0) is 30.0. The van der Waals surface area contributed by atoms with E-state index in [0.29, 0.717) is 40.8 Å². The lowest BCUT2D eigenvalue weighted by atomic mass is 9.80. The van der Waals surface area contributed by atoms with Crippen molar-refractivity contribution in [3.8, 4) is 5.69 Å². The second kappa shape index (κ2) is 11.5. The molecular weight excluding hydrogens is 554 g/mol. The maximum absolute atomic E-state index is 14.1. The topological polar surface area (TPSA) is 96.3 Å². The average Bonchev–Trinajstić information content (AvgIpc) is 3.36. The number of amides is 3. The third-order valence-electron chi connectivity index (χ3n) is 7.04. The first-order valence-corrected chi connectivity index (χ1v) is 13.0. The van der Waals surface area contributed by atoms with E-state index in [0.717, 1.165) is 12.1 Å². The highest BCUT2D eigenvalue weighted by Crippen LogP contribution is 2.43. The first kappa shape index (κ1) is 28.5. The number of fused-ring (bicyclic) bond motifs is 1. The van der Waals surface area contributed by atoms with Crippen molar-refractivity contribution in [2.75, 3.05) is 11.4 Å². The van der Waals surface area contributed by atoms with Crippen molar-refractivity contribution < 1.29 is 31.9 Å². The van der Waals surface area contributed by atoms with Gasteiger partial charge in [0.2, 0.25) is 6.41 Å². The van der Waals surface area contributed by atoms with Gasteiger partial charge in [0.25, 0.3) is 11.8 Å². The summed E-state index contributed by atoms with van der Waals surface area (Å²) in [5.41, 5.74) is 0.670. The minimum absolute atomic E-state index is 0.0244. The van der Waals surface area contributed by atoms with Gasteiger partial charge in [-0.25, -0.2) is 9.07 Å². The fourth-order valence-electron chi connectivity index (χ4n) is 5.18. The highest BCUT2D eigenvalue weighted by atomic mass is 19.4. The zero-order valence-corrected chi connectivity index (χ0v) is 22.2. The van der Waals surface area contributed by atoms with E-state index in [9.17, 15) is 31.9 Å². The van der Waals surface area contributed by atoms with Gasteiger partial charge in [0.1, 0.15) is 17.7 Å². The number of alkyl halides is 3. The van der Waals surface area contributed by atoms with Crippen LogP contribution in [0.3, 0.4) is 0 Å². The van der Waals surface area contributed by atoms with Crippen molar-refractivity contribution in [3.05, 3.63) is 113 Å². The van der Waals surface area contributed by atoms with Crippen molar-refractivity contribution in [1.82, 2.24) is 20.4 Å². The molecule has 3 aromatic carbocycles. The van der Waals surface area contributed by atoms with E-state index in [2.05, 4.69) is 10.6 Å². The largest absolute Gasteiger partial charge is 0.416 e. The van der Waals surface area contributed by atoms with E-state index in [1.165, 1.54) is 35.2 Å². The van der Waals surface area contributed by atoms with Crippen LogP contribution in [0.2, 0.25) is 0 Å². The maximum Gasteiger partial charge on any atom is 0.416 e. The average molecular weight is 580 g/mol. The second-order valence-corrected chi connectivity index (χ2v) is 9.57. The van der Waals surface area contributed by atoms with E-state index >= 15 is 0 Å². The molecule has 0 fully saturated rings. The number of hydrogen-bond acceptors (Lipinski definition) is 4. The van der Waals surface area contributed by atoms with Crippen LogP contribution in [0, 0.1) is 5.82 Å². The number of nitrogens with zero attached hydrogens (tertiary/aromatic N) is 3. The number of para-hydroxylation sites is 1. The van der Waals surface area contributed by atoms with Crippen LogP contribution in [-0.2, 0) is 22.3 Å². The predicted octanol–water partition coefficient (Wildman–Crippen LogP) is 4.57. The Morgan fingerprint density at radius 3 is 2.38 bits per heavy atom. The molecule has 5 rings (SSSR count). The fraction of sp³-hybridized carbons (Fsp3) is 0.200. The summed E-state index contributed by atoms with van der Waals surface area (Å²) in [7, 11) is 0. The molecular formula is C30H25F4N5O3. The minimum atomic E-state index is -4.67. The predicted molar refractivity (Wildman–Crippen MR) is 145 cm³/mol. The molecule has 8 nitrogen and oxygen atoms in total. The number of carbonyl (C=O) groups is 3. The summed E-state index contributed by atoms with van der Waals surface area (Å²) in [4.78, 5) is 40.2. The first-order chi connectivity index (χ1) is 20.1. The number of hydrogen-bond donors (Lipinski definition) is 2. The number of halogens is 4. The third-order valence-corrected chi connectivity index (χ3v) is 7.04. The van der Waals surface area contributed by atoms with Gasteiger partial charge >= 0.3 is 6.18 Å². The Labute approximate surface area is 237 Å². The van der Waals surface area contributed by atoms with Crippen LogP contribution in [-0.4, -0.2) is 40.6 Å². The molecule has 0 bridgehead atoms. The third kappa shape index (κ3) is 5.35. The molecule has 2 heterocycles. The summed E-state index contributed by atoms with van der Waals surface area (Å²) in [6.07, 6.45) is -4.17. The molecule has 0 saturated carbocycles. The SMILES string of the molecule is CCN1C(=O)C(NC(=O)c2cccc(C(F)(F)F)c2)C(c2ccc(F)cc2)c2c(CNC=O)nn(-c3ccccc3)c21. The number of benzene rings is 3. The second-order valence-electron chi connectivity index (χ2n) is 9.57. The van der Waals surface area contributed by atoms with Crippen LogP contribution in [0.5, 0.6) is 0 Å². The highest BCUT2D eigenvalue weighted by molar-refractivity contribution is 6.05. The Bertz CT molecular complexity index is 1620. The van der Waals surface area contributed by atoms with Crippen molar-refractivity contribution in [2.45, 2.75) is 31.6 Å². The Morgan fingerprint density at radius 2 is 1.74 bits per heavy atom. The molecule has 1 aliphatic rings. The zero-order valence-electron chi connectivity index (χ0n) is 22.2. The van der Waals surface area contributed by atoms with Gasteiger partial charge in [-0.2, -0.15) is 18.3 Å². The lowest BCUT2D eigenvalue weighted by Gasteiger charge is -2.38. The van der Waals surface area contributed by atoms with Gasteiger partial charge in [-0.3, -0.25) is 19.3 Å². The summed E-state index contributed by atoms with van der Waals surface area (Å²) in [6.45, 7) is 1.87. The Kier molecular flexibility index (Phi) is 7.79. The molecule has 3 amide bonds. The van der Waals surface area contributed by atoms with E-state index in [1.54, 1.807) is 35.9 Å². The molecule has 1 aromatic heterocycles. The van der Waals surface area contributed by atoms with Crippen molar-refractivity contribution in [3.63, 3.8) is 0 Å². The van der Waals surface area contributed by atoms with Gasteiger partial charge in [0.15, 0.2) is 0 Å². The van der Waals surface area contributed by atoms with Gasteiger partial charge in [-0.15, -0.1) is 0 Å². The van der Waals surface area contributed by atoms with E-state index in [4.69, 9.17) is 5.10 Å². The lowest BCUT2D eigenvalue weighted by molar-refractivity contribution is -0.137. The van der Waals surface area contributed by atoms with Gasteiger partial charge in [0.05, 0.1) is 23.5 Å². The minimum Gasteiger partial charge on any atom is -0.353 e. The Hall–Kier alpha value is -5.00. The molecule has 4 aromatic rings. The van der Waals surface area contributed by atoms with E-state index in [-0.39, 0.29) is 18.7 Å². The molecule has 0 radical (unpaired) electrons. The molecule has 0 spiro atoms. The number of aromatic nitrogens is 2. The van der Waals surface area contributed by atoms with Gasteiger partial charge in [-0.1, -0.05) is 36.4 Å². The standard InChI is InChI=1S/C30H25F4N5O3/c1-2-38-28-25(23(16-35-17-40)37-39(28)22-9-4-3-5-10-22)24(18-11-13-21(31)14-12-18)26(29(38)42)36-27(41)19-7-6-8-20(15-19)30(32,33)34/h3-15,17,24,26H,2,16H2,1H3,(H,35,40)(H,36,41). The highest BCUT2D eigenvalue weighted by Gasteiger charge is 2.46. The molecule has 2 atom stereocenters. The number of likely N-dealkylation sites (N-methyl/N-ethyl adjacent to an activating group) is 1. The number of anilines is 1. The van der Waals surface area contributed by atoms with E-state index in [1.807, 2.05) is 6.07 Å². The quantitative estimate of drug-likeness (QED) is 0.236. The van der Waals surface area contributed by atoms with Gasteiger partial charge < -0.3 is 10.6 Å². The number of carbonyl (C=O) groups excluding carboxylic acids is 3. The van der Waals surface area contributed by atoms with Crippen LogP contribution >= 0.6 is 0 Å². The van der Waals surface area contributed by atoms with Crippen LogP contribution < -0.4 is 15.5 Å². The van der Waals surface area contributed by atoms with Crippen molar-refractivity contribution >= 4 is 24.0 Å². The maximum atomic E-state index is 14.1. The van der Waals surface area contributed by atoms with E-state index < -0.39 is 41.3 Å². The van der Waals surface area contributed by atoms with Crippen LogP contribution in [0.15, 0.2) is 78.9 Å². The smallest absolute Gasteiger partial charge is 0.353 e. The Balaban J connectivity index is 1.69. The fourth-order valence-corrected chi connectivity index (χ4v) is 5.18. The molecule has 0 saturated heterocycles. The molecule has 216 valence electrons. The number of nitrogens with one attached hydrogen (secondary N) is 2. The number of rotatable bonds is 8. The molecule has 12 heteroatoms. The summed E-state index contributed by atoms with van der Waals surface area (Å²) >= 11 is 0. The lowest BCUT2D eigenvalue weighted by Crippen LogP contribution is -2.55. The molecule has 1 aliphatic heterocycles. The van der Waals surface area contributed by atoms with Gasteiger partial charge in [0, 0.05) is 23.6 Å². The van der Waals surface area contributed by atoms with Crippen LogP contribution in [0.1, 0.15) is 45.6 Å². The van der Waals surface area contributed by atoms with Crippen LogP contribution in [0.4, 0.5) is 23.4 Å². The molecule has 2 unspecified atom stereocenters. The van der Waals surface area contributed by atoms with Crippen LogP contribution in [0.25, 0.3) is 5.69 Å². The molecule has 2 N–H and O–H groups in total. The molecule has 0 aliphatic carbocycles. The normalized spacial score (nSPS) is 16.6. The summed E-state index contributed by atoms with van der Waals surface area (Å²) in [5, 5.41) is 9.96. The van der Waals surface area contributed by atoms with Gasteiger partial charge in [-0.05, 0) is 55.0 Å². The van der Waals surface area contributed by atoms with Crippen molar-refractivity contribution in [2.24, 2.45) is 0 Å².